The first-order valence-electron chi connectivity index (χ1n) is 6.50. The molecule has 0 spiro atoms. The SMILES string of the molecule is CCn1ncc(Cl)c1-c1ncnn1-c1ccc(OC)cc1. The molecule has 0 unspecified atom stereocenters. The van der Waals surface area contributed by atoms with Gasteiger partial charge in [-0.25, -0.2) is 9.67 Å². The minimum absolute atomic E-state index is 0.555. The fourth-order valence-electron chi connectivity index (χ4n) is 2.14. The highest BCUT2D eigenvalue weighted by atomic mass is 35.5. The summed E-state index contributed by atoms with van der Waals surface area (Å²) in [7, 11) is 1.63. The molecule has 21 heavy (non-hydrogen) atoms. The summed E-state index contributed by atoms with van der Waals surface area (Å²) in [5.41, 5.74) is 1.63. The number of methoxy groups -OCH3 is 1. The van der Waals surface area contributed by atoms with Crippen molar-refractivity contribution in [2.45, 2.75) is 13.5 Å². The van der Waals surface area contributed by atoms with Gasteiger partial charge in [-0.15, -0.1) is 0 Å². The lowest BCUT2D eigenvalue weighted by Crippen LogP contribution is -2.05. The number of halogens is 1. The van der Waals surface area contributed by atoms with Gasteiger partial charge in [0, 0.05) is 6.54 Å². The van der Waals surface area contributed by atoms with Gasteiger partial charge in [-0.1, -0.05) is 11.6 Å². The first kappa shape index (κ1) is 13.6. The van der Waals surface area contributed by atoms with Gasteiger partial charge in [-0.2, -0.15) is 10.2 Å². The molecule has 0 saturated carbocycles. The van der Waals surface area contributed by atoms with E-state index in [0.717, 1.165) is 17.1 Å². The Hall–Kier alpha value is -2.34. The van der Waals surface area contributed by atoms with Gasteiger partial charge in [0.1, 0.15) is 17.8 Å². The van der Waals surface area contributed by atoms with Crippen molar-refractivity contribution in [3.8, 4) is 23.0 Å². The van der Waals surface area contributed by atoms with Crippen molar-refractivity contribution < 1.29 is 4.74 Å². The Morgan fingerprint density at radius 2 is 1.95 bits per heavy atom. The summed E-state index contributed by atoms with van der Waals surface area (Å²) in [6, 6.07) is 7.58. The smallest absolute Gasteiger partial charge is 0.182 e. The second-order valence-electron chi connectivity index (χ2n) is 4.35. The number of ether oxygens (including phenoxy) is 1. The number of benzene rings is 1. The predicted octanol–water partition coefficient (Wildman–Crippen LogP) is 2.81. The van der Waals surface area contributed by atoms with E-state index < -0.39 is 0 Å². The van der Waals surface area contributed by atoms with Crippen LogP contribution in [0.15, 0.2) is 36.8 Å². The molecule has 2 aromatic heterocycles. The molecule has 0 bridgehead atoms. The van der Waals surface area contributed by atoms with Crippen molar-refractivity contribution >= 4 is 11.6 Å². The van der Waals surface area contributed by atoms with E-state index in [1.54, 1.807) is 22.7 Å². The Labute approximate surface area is 126 Å². The molecule has 0 aliphatic heterocycles. The van der Waals surface area contributed by atoms with E-state index in [-0.39, 0.29) is 0 Å². The topological polar surface area (TPSA) is 57.8 Å². The molecule has 0 amide bonds. The molecule has 0 saturated heterocycles. The quantitative estimate of drug-likeness (QED) is 0.743. The Balaban J connectivity index is 2.10. The maximum absolute atomic E-state index is 6.24. The number of hydrogen-bond donors (Lipinski definition) is 0. The van der Waals surface area contributed by atoms with Crippen LogP contribution in [0.1, 0.15) is 6.92 Å². The minimum Gasteiger partial charge on any atom is -0.497 e. The maximum atomic E-state index is 6.24. The standard InChI is InChI=1S/C14H14ClN5O/c1-3-19-13(12(15)8-17-19)14-16-9-18-20(14)10-4-6-11(21-2)7-5-10/h4-9H,3H2,1-2H3. The van der Waals surface area contributed by atoms with Crippen molar-refractivity contribution in [2.24, 2.45) is 0 Å². The summed E-state index contributed by atoms with van der Waals surface area (Å²) in [6.07, 6.45) is 3.12. The fraction of sp³-hybridized carbons (Fsp3) is 0.214. The Morgan fingerprint density at radius 3 is 2.62 bits per heavy atom. The van der Waals surface area contributed by atoms with Gasteiger partial charge < -0.3 is 4.74 Å². The highest BCUT2D eigenvalue weighted by Crippen LogP contribution is 2.27. The van der Waals surface area contributed by atoms with E-state index >= 15 is 0 Å². The van der Waals surface area contributed by atoms with Crippen molar-refractivity contribution in [1.29, 1.82) is 0 Å². The number of nitrogens with zero attached hydrogens (tertiary/aromatic N) is 5. The molecule has 0 N–H and O–H groups in total. The van der Waals surface area contributed by atoms with Gasteiger partial charge in [-0.05, 0) is 31.2 Å². The van der Waals surface area contributed by atoms with Crippen LogP contribution >= 0.6 is 11.6 Å². The molecule has 0 fully saturated rings. The van der Waals surface area contributed by atoms with E-state index in [4.69, 9.17) is 16.3 Å². The highest BCUT2D eigenvalue weighted by Gasteiger charge is 2.17. The van der Waals surface area contributed by atoms with Gasteiger partial charge >= 0.3 is 0 Å². The van der Waals surface area contributed by atoms with Crippen LogP contribution in [0.3, 0.4) is 0 Å². The van der Waals surface area contributed by atoms with E-state index in [9.17, 15) is 0 Å². The summed E-state index contributed by atoms with van der Waals surface area (Å²) < 4.78 is 8.69. The van der Waals surface area contributed by atoms with E-state index in [1.165, 1.54) is 6.33 Å². The van der Waals surface area contributed by atoms with Gasteiger partial charge in [-0.3, -0.25) is 4.68 Å². The Kier molecular flexibility index (Phi) is 3.62. The summed E-state index contributed by atoms with van der Waals surface area (Å²) >= 11 is 6.24. The molecule has 0 aliphatic rings. The molecule has 108 valence electrons. The average Bonchev–Trinajstić information content (AvgIpc) is 3.13. The molecule has 7 heteroatoms. The number of aryl methyl sites for hydroxylation is 1. The molecule has 0 atom stereocenters. The number of aromatic nitrogens is 5. The summed E-state index contributed by atoms with van der Waals surface area (Å²) in [5.74, 6) is 1.45. The van der Waals surface area contributed by atoms with Crippen LogP contribution in [0, 0.1) is 0 Å². The van der Waals surface area contributed by atoms with Crippen molar-refractivity contribution in [1.82, 2.24) is 24.5 Å². The third kappa shape index (κ3) is 2.38. The molecular weight excluding hydrogens is 290 g/mol. The van der Waals surface area contributed by atoms with E-state index in [2.05, 4.69) is 15.2 Å². The summed E-state index contributed by atoms with van der Waals surface area (Å²) in [5, 5.41) is 9.07. The first-order valence-corrected chi connectivity index (χ1v) is 6.88. The Morgan fingerprint density at radius 1 is 1.19 bits per heavy atom. The lowest BCUT2D eigenvalue weighted by Gasteiger charge is -2.08. The average molecular weight is 304 g/mol. The van der Waals surface area contributed by atoms with Crippen LogP contribution in [-0.2, 0) is 6.54 Å². The maximum Gasteiger partial charge on any atom is 0.182 e. The molecular formula is C14H14ClN5O. The monoisotopic (exact) mass is 303 g/mol. The zero-order valence-corrected chi connectivity index (χ0v) is 12.4. The van der Waals surface area contributed by atoms with Crippen LogP contribution in [0.25, 0.3) is 17.2 Å². The van der Waals surface area contributed by atoms with Crippen LogP contribution in [-0.4, -0.2) is 31.7 Å². The summed E-state index contributed by atoms with van der Waals surface area (Å²) in [4.78, 5) is 4.32. The predicted molar refractivity (Wildman–Crippen MR) is 79.8 cm³/mol. The highest BCUT2D eigenvalue weighted by molar-refractivity contribution is 6.32. The van der Waals surface area contributed by atoms with E-state index in [0.29, 0.717) is 17.4 Å². The fourth-order valence-corrected chi connectivity index (χ4v) is 2.37. The third-order valence-electron chi connectivity index (χ3n) is 3.17. The normalized spacial score (nSPS) is 10.8. The molecule has 1 aromatic carbocycles. The molecule has 3 rings (SSSR count). The first-order chi connectivity index (χ1) is 10.2. The molecule has 0 radical (unpaired) electrons. The minimum atomic E-state index is 0.555. The van der Waals surface area contributed by atoms with Crippen molar-refractivity contribution in [3.05, 3.63) is 41.8 Å². The van der Waals surface area contributed by atoms with E-state index in [1.807, 2.05) is 31.2 Å². The zero-order chi connectivity index (χ0) is 14.8. The van der Waals surface area contributed by atoms with Gasteiger partial charge in [0.05, 0.1) is 24.0 Å². The van der Waals surface area contributed by atoms with Crippen LogP contribution in [0.2, 0.25) is 5.02 Å². The second-order valence-corrected chi connectivity index (χ2v) is 4.76. The zero-order valence-electron chi connectivity index (χ0n) is 11.7. The molecule has 3 aromatic rings. The lowest BCUT2D eigenvalue weighted by atomic mass is 10.3. The number of hydrogen-bond acceptors (Lipinski definition) is 4. The summed E-state index contributed by atoms with van der Waals surface area (Å²) in [6.45, 7) is 2.71. The molecule has 0 aliphatic carbocycles. The Bertz CT molecular complexity index is 747. The molecule has 6 nitrogen and oxygen atoms in total. The third-order valence-corrected chi connectivity index (χ3v) is 3.45. The van der Waals surface area contributed by atoms with Crippen LogP contribution in [0.5, 0.6) is 5.75 Å². The second kappa shape index (κ2) is 5.57. The van der Waals surface area contributed by atoms with Crippen LogP contribution < -0.4 is 4.74 Å². The largest absolute Gasteiger partial charge is 0.497 e. The van der Waals surface area contributed by atoms with Crippen molar-refractivity contribution in [2.75, 3.05) is 7.11 Å². The van der Waals surface area contributed by atoms with Crippen LogP contribution in [0.4, 0.5) is 0 Å². The lowest BCUT2D eigenvalue weighted by molar-refractivity contribution is 0.414. The number of rotatable bonds is 4. The van der Waals surface area contributed by atoms with Gasteiger partial charge in [0.15, 0.2) is 5.82 Å². The van der Waals surface area contributed by atoms with Gasteiger partial charge in [0.25, 0.3) is 0 Å². The van der Waals surface area contributed by atoms with Gasteiger partial charge in [0.2, 0.25) is 0 Å². The molecule has 2 heterocycles. The van der Waals surface area contributed by atoms with Crippen molar-refractivity contribution in [3.63, 3.8) is 0 Å².